The molecule has 12 heavy (non-hydrogen) atoms. The molecule has 1 heterocycles. The second-order valence-electron chi connectivity index (χ2n) is 2.04. The minimum Gasteiger partial charge on any atom is -0.491 e. The summed E-state index contributed by atoms with van der Waals surface area (Å²) >= 11 is 5.70. The summed E-state index contributed by atoms with van der Waals surface area (Å²) in [5.74, 6) is 0.438. The maximum Gasteiger partial charge on any atom is 0.156 e. The van der Waals surface area contributed by atoms with E-state index in [1.165, 1.54) is 12.4 Å². The number of nitrogens with zero attached hydrogens (tertiary/aromatic N) is 2. The summed E-state index contributed by atoms with van der Waals surface area (Å²) in [5, 5.41) is 9.01. The number of hydrogen-bond donors (Lipinski definition) is 0. The molecule has 0 aliphatic rings. The van der Waals surface area contributed by atoms with Crippen molar-refractivity contribution < 1.29 is 4.74 Å². The highest BCUT2D eigenvalue weighted by Crippen LogP contribution is 2.23. The zero-order chi connectivity index (χ0) is 8.97. The van der Waals surface area contributed by atoms with Gasteiger partial charge in [0.2, 0.25) is 0 Å². The van der Waals surface area contributed by atoms with Gasteiger partial charge in [-0.1, -0.05) is 11.6 Å². The van der Waals surface area contributed by atoms with Crippen molar-refractivity contribution in [2.24, 2.45) is 0 Å². The Morgan fingerprint density at radius 3 is 3.00 bits per heavy atom. The number of hydrogen-bond acceptors (Lipinski definition) is 3. The number of pyridine rings is 1. The molecule has 0 N–H and O–H groups in total. The van der Waals surface area contributed by atoms with Gasteiger partial charge in [-0.25, -0.2) is 0 Å². The molecule has 0 saturated carbocycles. The van der Waals surface area contributed by atoms with Crippen LogP contribution in [0.25, 0.3) is 0 Å². The standard InChI is InChI=1S/C8H7ClN2O/c1-2-12-8-5-11-4-7(9)6(8)3-10/h4-5H,2H2,1H3. The Hall–Kier alpha value is -1.27. The fourth-order valence-corrected chi connectivity index (χ4v) is 0.982. The molecule has 4 heteroatoms. The molecule has 0 fully saturated rings. The summed E-state index contributed by atoms with van der Waals surface area (Å²) in [4.78, 5) is 3.80. The van der Waals surface area contributed by atoms with Crippen LogP contribution >= 0.6 is 11.6 Å². The molecule has 0 saturated heterocycles. The molecule has 62 valence electrons. The van der Waals surface area contributed by atoms with Gasteiger partial charge >= 0.3 is 0 Å². The van der Waals surface area contributed by atoms with E-state index in [1.54, 1.807) is 0 Å². The second-order valence-corrected chi connectivity index (χ2v) is 2.45. The van der Waals surface area contributed by atoms with E-state index in [0.29, 0.717) is 22.9 Å². The number of rotatable bonds is 2. The molecule has 1 aromatic rings. The first-order valence-corrected chi connectivity index (χ1v) is 3.83. The lowest BCUT2D eigenvalue weighted by molar-refractivity contribution is 0.338. The highest BCUT2D eigenvalue weighted by atomic mass is 35.5. The third-order valence-electron chi connectivity index (χ3n) is 1.28. The van der Waals surface area contributed by atoms with Gasteiger partial charge in [-0.15, -0.1) is 0 Å². The molecule has 0 atom stereocenters. The quantitative estimate of drug-likeness (QED) is 0.703. The van der Waals surface area contributed by atoms with Crippen molar-refractivity contribution in [2.45, 2.75) is 6.92 Å². The third-order valence-corrected chi connectivity index (χ3v) is 1.56. The number of halogens is 1. The molecule has 0 radical (unpaired) electrons. The van der Waals surface area contributed by atoms with Crippen LogP contribution in [0.15, 0.2) is 12.4 Å². The van der Waals surface area contributed by atoms with Gasteiger partial charge in [0.15, 0.2) is 5.75 Å². The van der Waals surface area contributed by atoms with Gasteiger partial charge in [-0.05, 0) is 6.92 Å². The number of nitriles is 1. The predicted octanol–water partition coefficient (Wildman–Crippen LogP) is 2.01. The Balaban J connectivity index is 3.11. The average Bonchev–Trinajstić information content (AvgIpc) is 2.05. The Morgan fingerprint density at radius 2 is 2.42 bits per heavy atom. The number of ether oxygens (including phenoxy) is 1. The molecule has 0 bridgehead atoms. The van der Waals surface area contributed by atoms with Crippen molar-refractivity contribution in [1.82, 2.24) is 4.98 Å². The van der Waals surface area contributed by atoms with E-state index in [2.05, 4.69) is 4.98 Å². The van der Waals surface area contributed by atoms with Crippen LogP contribution in [0.3, 0.4) is 0 Å². The van der Waals surface area contributed by atoms with Gasteiger partial charge in [-0.3, -0.25) is 4.98 Å². The summed E-state index contributed by atoms with van der Waals surface area (Å²) in [6.45, 7) is 2.33. The zero-order valence-corrected chi connectivity index (χ0v) is 7.30. The second kappa shape index (κ2) is 3.93. The Morgan fingerprint density at radius 1 is 1.67 bits per heavy atom. The SMILES string of the molecule is CCOc1cncc(Cl)c1C#N. The molecule has 0 aliphatic heterocycles. The van der Waals surface area contributed by atoms with Gasteiger partial charge < -0.3 is 4.74 Å². The fourth-order valence-electron chi connectivity index (χ4n) is 0.791. The fraction of sp³-hybridized carbons (Fsp3) is 0.250. The maximum atomic E-state index is 8.68. The van der Waals surface area contributed by atoms with Crippen molar-refractivity contribution in [2.75, 3.05) is 6.61 Å². The Labute approximate surface area is 75.6 Å². The minimum atomic E-state index is 0.323. The molecule has 0 unspecified atom stereocenters. The van der Waals surface area contributed by atoms with Crippen LogP contribution in [-0.2, 0) is 0 Å². The first-order chi connectivity index (χ1) is 5.79. The van der Waals surface area contributed by atoms with Crippen LogP contribution in [0.4, 0.5) is 0 Å². The van der Waals surface area contributed by atoms with Crippen molar-refractivity contribution in [3.63, 3.8) is 0 Å². The van der Waals surface area contributed by atoms with E-state index in [9.17, 15) is 0 Å². The molecule has 3 nitrogen and oxygen atoms in total. The maximum absolute atomic E-state index is 8.68. The summed E-state index contributed by atoms with van der Waals surface area (Å²) in [6, 6.07) is 1.95. The zero-order valence-electron chi connectivity index (χ0n) is 6.54. The summed E-state index contributed by atoms with van der Waals surface area (Å²) in [7, 11) is 0. The normalized spacial score (nSPS) is 9.08. The van der Waals surface area contributed by atoms with Crippen LogP contribution in [0, 0.1) is 11.3 Å². The van der Waals surface area contributed by atoms with Gasteiger partial charge in [0.1, 0.15) is 11.6 Å². The van der Waals surface area contributed by atoms with Gasteiger partial charge in [0.05, 0.1) is 17.8 Å². The third kappa shape index (κ3) is 1.66. The first kappa shape index (κ1) is 8.82. The van der Waals surface area contributed by atoms with Crippen LogP contribution in [0.2, 0.25) is 5.02 Å². The van der Waals surface area contributed by atoms with E-state index >= 15 is 0 Å². The lowest BCUT2D eigenvalue weighted by atomic mass is 10.3. The Kier molecular flexibility index (Phi) is 2.89. The monoisotopic (exact) mass is 182 g/mol. The molecular formula is C8H7ClN2O. The first-order valence-electron chi connectivity index (χ1n) is 3.46. The molecule has 0 aliphatic carbocycles. The van der Waals surface area contributed by atoms with Gasteiger partial charge in [0, 0.05) is 6.20 Å². The summed E-state index contributed by atoms with van der Waals surface area (Å²) in [6.07, 6.45) is 2.90. The van der Waals surface area contributed by atoms with Crippen molar-refractivity contribution in [3.05, 3.63) is 23.0 Å². The average molecular weight is 183 g/mol. The molecule has 0 spiro atoms. The predicted molar refractivity (Wildman–Crippen MR) is 45.1 cm³/mol. The largest absolute Gasteiger partial charge is 0.491 e. The highest BCUT2D eigenvalue weighted by Gasteiger charge is 2.06. The van der Waals surface area contributed by atoms with Gasteiger partial charge in [0.25, 0.3) is 0 Å². The molecular weight excluding hydrogens is 176 g/mol. The summed E-state index contributed by atoms with van der Waals surface area (Å²) in [5.41, 5.74) is 0.341. The van der Waals surface area contributed by atoms with Crippen LogP contribution in [0.1, 0.15) is 12.5 Å². The number of aromatic nitrogens is 1. The van der Waals surface area contributed by atoms with Crippen molar-refractivity contribution in [1.29, 1.82) is 5.26 Å². The van der Waals surface area contributed by atoms with E-state index < -0.39 is 0 Å². The molecule has 1 rings (SSSR count). The minimum absolute atomic E-state index is 0.323. The highest BCUT2D eigenvalue weighted by molar-refractivity contribution is 6.31. The topological polar surface area (TPSA) is 45.9 Å². The molecule has 0 amide bonds. The molecule has 1 aromatic heterocycles. The molecule has 0 aromatic carbocycles. The van der Waals surface area contributed by atoms with Crippen molar-refractivity contribution in [3.8, 4) is 11.8 Å². The lowest BCUT2D eigenvalue weighted by Crippen LogP contribution is -1.95. The van der Waals surface area contributed by atoms with Crippen molar-refractivity contribution >= 4 is 11.6 Å². The van der Waals surface area contributed by atoms with E-state index in [-0.39, 0.29) is 0 Å². The Bertz CT molecular complexity index is 319. The van der Waals surface area contributed by atoms with Crippen LogP contribution in [-0.4, -0.2) is 11.6 Å². The van der Waals surface area contributed by atoms with Gasteiger partial charge in [-0.2, -0.15) is 5.26 Å². The van der Waals surface area contributed by atoms with E-state index in [0.717, 1.165) is 0 Å². The van der Waals surface area contributed by atoms with Crippen LogP contribution < -0.4 is 4.74 Å². The smallest absolute Gasteiger partial charge is 0.156 e. The van der Waals surface area contributed by atoms with E-state index in [4.69, 9.17) is 21.6 Å². The summed E-state index contributed by atoms with van der Waals surface area (Å²) < 4.78 is 5.14. The van der Waals surface area contributed by atoms with E-state index in [1.807, 2.05) is 13.0 Å². The van der Waals surface area contributed by atoms with Crippen LogP contribution in [0.5, 0.6) is 5.75 Å². The lowest BCUT2D eigenvalue weighted by Gasteiger charge is -2.04.